The highest BCUT2D eigenvalue weighted by atomic mass is 127. The maximum absolute atomic E-state index is 12.2. The molecule has 0 atom stereocenters. The van der Waals surface area contributed by atoms with E-state index in [1.165, 1.54) is 7.11 Å². The fourth-order valence-electron chi connectivity index (χ4n) is 2.30. The lowest BCUT2D eigenvalue weighted by atomic mass is 10.1. The first kappa shape index (κ1) is 18.3. The number of methoxy groups -OCH3 is 1. The molecule has 6 heteroatoms. The van der Waals surface area contributed by atoms with Crippen molar-refractivity contribution in [1.29, 1.82) is 0 Å². The van der Waals surface area contributed by atoms with Crippen molar-refractivity contribution in [1.82, 2.24) is 0 Å². The van der Waals surface area contributed by atoms with Crippen molar-refractivity contribution in [2.75, 3.05) is 19.0 Å². The lowest BCUT2D eigenvalue weighted by Crippen LogP contribution is -2.21. The molecular formula is C18H18INO4. The number of hydrogen-bond acceptors (Lipinski definition) is 4. The van der Waals surface area contributed by atoms with E-state index in [4.69, 9.17) is 9.47 Å². The van der Waals surface area contributed by atoms with Crippen molar-refractivity contribution >= 4 is 40.5 Å². The molecule has 0 saturated carbocycles. The topological polar surface area (TPSA) is 64.6 Å². The van der Waals surface area contributed by atoms with Crippen LogP contribution in [0, 0.1) is 17.4 Å². The van der Waals surface area contributed by atoms with Gasteiger partial charge in [-0.15, -0.1) is 0 Å². The highest BCUT2D eigenvalue weighted by molar-refractivity contribution is 14.1. The zero-order valence-electron chi connectivity index (χ0n) is 13.7. The van der Waals surface area contributed by atoms with Crippen LogP contribution in [0.25, 0.3) is 0 Å². The molecule has 0 aliphatic rings. The molecule has 0 radical (unpaired) electrons. The summed E-state index contributed by atoms with van der Waals surface area (Å²) in [7, 11) is 1.48. The number of carbonyl (C=O) groups is 2. The first-order valence-electron chi connectivity index (χ1n) is 7.27. The van der Waals surface area contributed by atoms with Crippen LogP contribution in [0.15, 0.2) is 30.3 Å². The summed E-state index contributed by atoms with van der Waals surface area (Å²) in [4.78, 5) is 22.9. The van der Waals surface area contributed by atoms with E-state index >= 15 is 0 Å². The zero-order chi connectivity index (χ0) is 17.7. The number of aldehydes is 1. The second-order valence-corrected chi connectivity index (χ2v) is 6.53. The minimum Gasteiger partial charge on any atom is -0.493 e. The Bertz CT molecular complexity index is 751. The van der Waals surface area contributed by atoms with Crippen molar-refractivity contribution in [2.24, 2.45) is 0 Å². The number of hydrogen-bond donors (Lipinski definition) is 1. The predicted octanol–water partition coefficient (Wildman–Crippen LogP) is 3.75. The zero-order valence-corrected chi connectivity index (χ0v) is 15.8. The van der Waals surface area contributed by atoms with Crippen LogP contribution < -0.4 is 14.8 Å². The molecule has 0 heterocycles. The lowest BCUT2D eigenvalue weighted by Gasteiger charge is -2.14. The summed E-state index contributed by atoms with van der Waals surface area (Å²) in [6, 6.07) is 8.79. The number of rotatable bonds is 6. The van der Waals surface area contributed by atoms with Crippen LogP contribution in [0.1, 0.15) is 21.5 Å². The first-order valence-corrected chi connectivity index (χ1v) is 8.35. The van der Waals surface area contributed by atoms with E-state index in [0.29, 0.717) is 17.1 Å². The highest BCUT2D eigenvalue weighted by Gasteiger charge is 2.11. The number of ether oxygens (including phenoxy) is 2. The van der Waals surface area contributed by atoms with Gasteiger partial charge in [-0.05, 0) is 77.9 Å². The number of benzene rings is 2. The maximum Gasteiger partial charge on any atom is 0.262 e. The summed E-state index contributed by atoms with van der Waals surface area (Å²) in [5.74, 6) is 0.562. The minimum atomic E-state index is -0.260. The summed E-state index contributed by atoms with van der Waals surface area (Å²) in [6.45, 7) is 3.75. The SMILES string of the molecule is COc1cc(C=O)ccc1OCC(=O)Nc1c(C)cc(I)cc1C. The van der Waals surface area contributed by atoms with Gasteiger partial charge < -0.3 is 14.8 Å². The molecule has 0 aliphatic carbocycles. The molecule has 2 aromatic carbocycles. The average molecular weight is 439 g/mol. The quantitative estimate of drug-likeness (QED) is 0.550. The molecule has 0 saturated heterocycles. The van der Waals surface area contributed by atoms with Crippen molar-refractivity contribution in [3.63, 3.8) is 0 Å². The molecular weight excluding hydrogens is 421 g/mol. The van der Waals surface area contributed by atoms with E-state index in [1.807, 2.05) is 26.0 Å². The molecule has 0 fully saturated rings. The first-order chi connectivity index (χ1) is 11.4. The lowest BCUT2D eigenvalue weighted by molar-refractivity contribution is -0.118. The fraction of sp³-hybridized carbons (Fsp3) is 0.222. The van der Waals surface area contributed by atoms with Crippen LogP contribution >= 0.6 is 22.6 Å². The smallest absolute Gasteiger partial charge is 0.262 e. The van der Waals surface area contributed by atoms with Crippen LogP contribution in [0.5, 0.6) is 11.5 Å². The van der Waals surface area contributed by atoms with Gasteiger partial charge in [0.15, 0.2) is 18.1 Å². The Morgan fingerprint density at radius 3 is 2.42 bits per heavy atom. The average Bonchev–Trinajstić information content (AvgIpc) is 2.56. The van der Waals surface area contributed by atoms with Crippen molar-refractivity contribution in [2.45, 2.75) is 13.8 Å². The molecule has 1 N–H and O–H groups in total. The van der Waals surface area contributed by atoms with E-state index in [9.17, 15) is 9.59 Å². The maximum atomic E-state index is 12.2. The van der Waals surface area contributed by atoms with Crippen LogP contribution in [-0.2, 0) is 4.79 Å². The Hall–Kier alpha value is -2.09. The Labute approximate surface area is 154 Å². The molecule has 126 valence electrons. The number of amides is 1. The highest BCUT2D eigenvalue weighted by Crippen LogP contribution is 2.28. The van der Waals surface area contributed by atoms with Crippen molar-refractivity contribution < 1.29 is 19.1 Å². The Morgan fingerprint density at radius 1 is 1.17 bits per heavy atom. The molecule has 0 aliphatic heterocycles. The van der Waals surface area contributed by atoms with E-state index in [2.05, 4.69) is 27.9 Å². The van der Waals surface area contributed by atoms with Gasteiger partial charge in [0, 0.05) is 14.8 Å². The molecule has 0 unspecified atom stereocenters. The largest absolute Gasteiger partial charge is 0.493 e. The standard InChI is InChI=1S/C18H18INO4/c1-11-6-14(19)7-12(2)18(11)20-17(22)10-24-15-5-4-13(9-21)8-16(15)23-3/h4-9H,10H2,1-3H3,(H,20,22). The van der Waals surface area contributed by atoms with Crippen LogP contribution in [0.3, 0.4) is 0 Å². The van der Waals surface area contributed by atoms with Gasteiger partial charge in [0.05, 0.1) is 7.11 Å². The minimum absolute atomic E-state index is 0.151. The summed E-state index contributed by atoms with van der Waals surface area (Å²) in [5, 5.41) is 2.87. The number of anilines is 1. The molecule has 5 nitrogen and oxygen atoms in total. The molecule has 0 aromatic heterocycles. The number of halogens is 1. The van der Waals surface area contributed by atoms with E-state index in [1.54, 1.807) is 18.2 Å². The van der Waals surface area contributed by atoms with Gasteiger partial charge in [-0.3, -0.25) is 9.59 Å². The van der Waals surface area contributed by atoms with Gasteiger partial charge in [-0.25, -0.2) is 0 Å². The third-order valence-corrected chi connectivity index (χ3v) is 4.07. The van der Waals surface area contributed by atoms with Gasteiger partial charge in [0.2, 0.25) is 0 Å². The van der Waals surface area contributed by atoms with Gasteiger partial charge in [0.1, 0.15) is 6.29 Å². The molecule has 0 bridgehead atoms. The summed E-state index contributed by atoms with van der Waals surface area (Å²) in [5.41, 5.74) is 3.28. The number of carbonyl (C=O) groups excluding carboxylic acids is 2. The second-order valence-electron chi connectivity index (χ2n) is 5.28. The third-order valence-electron chi connectivity index (χ3n) is 3.44. The van der Waals surface area contributed by atoms with Crippen LogP contribution in [0.2, 0.25) is 0 Å². The van der Waals surface area contributed by atoms with Gasteiger partial charge in [-0.2, -0.15) is 0 Å². The predicted molar refractivity (Wildman–Crippen MR) is 101 cm³/mol. The fourth-order valence-corrected chi connectivity index (χ4v) is 3.24. The number of aryl methyl sites for hydroxylation is 2. The number of nitrogens with one attached hydrogen (secondary N) is 1. The molecule has 2 rings (SSSR count). The summed E-state index contributed by atoms with van der Waals surface area (Å²) < 4.78 is 11.8. The van der Waals surface area contributed by atoms with E-state index in [0.717, 1.165) is 26.7 Å². The third kappa shape index (κ3) is 4.47. The second kappa shape index (κ2) is 8.14. The normalized spacial score (nSPS) is 10.2. The molecule has 24 heavy (non-hydrogen) atoms. The van der Waals surface area contributed by atoms with E-state index < -0.39 is 0 Å². The van der Waals surface area contributed by atoms with Gasteiger partial charge in [0.25, 0.3) is 5.91 Å². The summed E-state index contributed by atoms with van der Waals surface area (Å²) >= 11 is 2.24. The Kier molecular flexibility index (Phi) is 6.19. The van der Waals surface area contributed by atoms with Crippen molar-refractivity contribution in [3.05, 3.63) is 50.6 Å². The Morgan fingerprint density at radius 2 is 1.83 bits per heavy atom. The van der Waals surface area contributed by atoms with Gasteiger partial charge in [-0.1, -0.05) is 0 Å². The molecule has 0 spiro atoms. The Balaban J connectivity index is 2.05. The molecule has 1 amide bonds. The monoisotopic (exact) mass is 439 g/mol. The van der Waals surface area contributed by atoms with Crippen LogP contribution in [-0.4, -0.2) is 25.9 Å². The van der Waals surface area contributed by atoms with Gasteiger partial charge >= 0.3 is 0 Å². The molecule has 2 aromatic rings. The van der Waals surface area contributed by atoms with Crippen LogP contribution in [0.4, 0.5) is 5.69 Å². The summed E-state index contributed by atoms with van der Waals surface area (Å²) in [6.07, 6.45) is 0.724. The van der Waals surface area contributed by atoms with E-state index in [-0.39, 0.29) is 12.5 Å². The van der Waals surface area contributed by atoms with Crippen molar-refractivity contribution in [3.8, 4) is 11.5 Å².